The van der Waals surface area contributed by atoms with Crippen LogP contribution in [0.25, 0.3) is 0 Å². The molecule has 0 bridgehead atoms. The van der Waals surface area contributed by atoms with Gasteiger partial charge < -0.3 is 5.32 Å². The van der Waals surface area contributed by atoms with E-state index in [2.05, 4.69) is 22.7 Å². The Labute approximate surface area is 135 Å². The van der Waals surface area contributed by atoms with Crippen molar-refractivity contribution in [3.8, 4) is 0 Å². The molecule has 5 nitrogen and oxygen atoms in total. The van der Waals surface area contributed by atoms with E-state index in [4.69, 9.17) is 0 Å². The second-order valence-electron chi connectivity index (χ2n) is 4.83. The number of nitrogens with one attached hydrogen (secondary N) is 2. The third-order valence-corrected chi connectivity index (χ3v) is 4.64. The van der Waals surface area contributed by atoms with Crippen LogP contribution in [-0.2, 0) is 14.8 Å². The number of hydrogen-bond acceptors (Lipinski definition) is 4. The van der Waals surface area contributed by atoms with E-state index in [-0.39, 0.29) is 10.8 Å². The van der Waals surface area contributed by atoms with Crippen LogP contribution in [0.5, 0.6) is 0 Å². The number of aryl methyl sites for hydroxylation is 1. The molecule has 0 aliphatic heterocycles. The molecule has 1 amide bonds. The molecule has 0 fully saturated rings. The third kappa shape index (κ3) is 4.02. The first-order valence-electron chi connectivity index (χ1n) is 6.48. The summed E-state index contributed by atoms with van der Waals surface area (Å²) in [4.78, 5) is 11.5. The highest BCUT2D eigenvalue weighted by molar-refractivity contribution is 7.92. The van der Waals surface area contributed by atoms with Crippen LogP contribution in [0, 0.1) is 6.92 Å². The second kappa shape index (κ2) is 6.41. The summed E-state index contributed by atoms with van der Waals surface area (Å²) in [5.74, 6) is -0.247. The SMILES string of the molecule is CC(=O)Nc1ccc(S(=O)(=O)Nc2ccc(C)cc2)cc1S. The molecule has 7 heteroatoms. The molecule has 0 aromatic heterocycles. The molecule has 0 saturated carbocycles. The van der Waals surface area contributed by atoms with Gasteiger partial charge in [0.05, 0.1) is 10.6 Å². The van der Waals surface area contributed by atoms with E-state index in [9.17, 15) is 13.2 Å². The molecule has 2 N–H and O–H groups in total. The van der Waals surface area contributed by atoms with Crippen LogP contribution in [0.15, 0.2) is 52.3 Å². The van der Waals surface area contributed by atoms with Crippen LogP contribution in [0.3, 0.4) is 0 Å². The zero-order valence-electron chi connectivity index (χ0n) is 12.1. The Kier molecular flexibility index (Phi) is 4.77. The molecule has 0 unspecified atom stereocenters. The summed E-state index contributed by atoms with van der Waals surface area (Å²) in [5, 5.41) is 2.58. The molecule has 0 aliphatic carbocycles. The molecule has 116 valence electrons. The Hall–Kier alpha value is -1.99. The summed E-state index contributed by atoms with van der Waals surface area (Å²) in [6, 6.07) is 11.4. The van der Waals surface area contributed by atoms with Crippen molar-refractivity contribution in [1.82, 2.24) is 0 Å². The molecular weight excluding hydrogens is 320 g/mol. The lowest BCUT2D eigenvalue weighted by Crippen LogP contribution is -2.13. The number of carbonyl (C=O) groups is 1. The highest BCUT2D eigenvalue weighted by Crippen LogP contribution is 2.25. The average molecular weight is 336 g/mol. The van der Waals surface area contributed by atoms with Gasteiger partial charge in [0.15, 0.2) is 0 Å². The topological polar surface area (TPSA) is 75.3 Å². The summed E-state index contributed by atoms with van der Waals surface area (Å²) in [6.45, 7) is 3.29. The Morgan fingerprint density at radius 1 is 1.09 bits per heavy atom. The fraction of sp³-hybridized carbons (Fsp3) is 0.133. The van der Waals surface area contributed by atoms with E-state index in [0.29, 0.717) is 16.3 Å². The second-order valence-corrected chi connectivity index (χ2v) is 7.00. The van der Waals surface area contributed by atoms with Crippen LogP contribution in [-0.4, -0.2) is 14.3 Å². The van der Waals surface area contributed by atoms with Gasteiger partial charge in [0.2, 0.25) is 5.91 Å². The first-order valence-corrected chi connectivity index (χ1v) is 8.41. The molecule has 0 atom stereocenters. The Morgan fingerprint density at radius 3 is 2.27 bits per heavy atom. The van der Waals surface area contributed by atoms with Gasteiger partial charge in [-0.3, -0.25) is 9.52 Å². The molecule has 0 aliphatic rings. The Balaban J connectivity index is 2.27. The smallest absolute Gasteiger partial charge is 0.261 e. The number of carbonyl (C=O) groups excluding carboxylic acids is 1. The van der Waals surface area contributed by atoms with E-state index in [1.807, 2.05) is 19.1 Å². The van der Waals surface area contributed by atoms with E-state index >= 15 is 0 Å². The number of amides is 1. The zero-order valence-corrected chi connectivity index (χ0v) is 13.8. The van der Waals surface area contributed by atoms with Gasteiger partial charge in [-0.15, -0.1) is 12.6 Å². The van der Waals surface area contributed by atoms with Crippen molar-refractivity contribution >= 4 is 39.9 Å². The highest BCUT2D eigenvalue weighted by Gasteiger charge is 2.15. The van der Waals surface area contributed by atoms with E-state index < -0.39 is 10.0 Å². The van der Waals surface area contributed by atoms with Gasteiger partial charge >= 0.3 is 0 Å². The van der Waals surface area contributed by atoms with Gasteiger partial charge in [-0.05, 0) is 37.3 Å². The molecule has 0 radical (unpaired) electrons. The summed E-state index contributed by atoms with van der Waals surface area (Å²) >= 11 is 4.21. The fourth-order valence-corrected chi connectivity index (χ4v) is 3.25. The van der Waals surface area contributed by atoms with Gasteiger partial charge in [0.1, 0.15) is 0 Å². The quantitative estimate of drug-likeness (QED) is 0.751. The molecule has 22 heavy (non-hydrogen) atoms. The van der Waals surface area contributed by atoms with Gasteiger partial charge in [-0.25, -0.2) is 8.42 Å². The van der Waals surface area contributed by atoms with Crippen LogP contribution >= 0.6 is 12.6 Å². The number of anilines is 2. The zero-order chi connectivity index (χ0) is 16.3. The van der Waals surface area contributed by atoms with E-state index in [0.717, 1.165) is 5.56 Å². The number of rotatable bonds is 4. The van der Waals surface area contributed by atoms with Crippen molar-refractivity contribution in [1.29, 1.82) is 0 Å². The van der Waals surface area contributed by atoms with Crippen molar-refractivity contribution < 1.29 is 13.2 Å². The largest absolute Gasteiger partial charge is 0.325 e. The number of thiol groups is 1. The maximum Gasteiger partial charge on any atom is 0.261 e. The average Bonchev–Trinajstić information content (AvgIpc) is 2.43. The molecule has 0 spiro atoms. The van der Waals surface area contributed by atoms with Crippen molar-refractivity contribution in [2.24, 2.45) is 0 Å². The predicted molar refractivity (Wildman–Crippen MR) is 90.0 cm³/mol. The fourth-order valence-electron chi connectivity index (χ4n) is 1.81. The standard InChI is InChI=1S/C15H16N2O3S2/c1-10-3-5-12(6-4-10)17-22(19,20)13-7-8-14(15(21)9-13)16-11(2)18/h3-9,17,21H,1-2H3,(H,16,18). The monoisotopic (exact) mass is 336 g/mol. The highest BCUT2D eigenvalue weighted by atomic mass is 32.2. The Bertz CT molecular complexity index is 800. The van der Waals surface area contributed by atoms with Crippen LogP contribution in [0.4, 0.5) is 11.4 Å². The van der Waals surface area contributed by atoms with Crippen molar-refractivity contribution in [2.45, 2.75) is 23.6 Å². The maximum absolute atomic E-state index is 12.3. The summed E-state index contributed by atoms with van der Waals surface area (Å²) < 4.78 is 27.2. The van der Waals surface area contributed by atoms with Gasteiger partial charge in [0.25, 0.3) is 10.0 Å². The van der Waals surface area contributed by atoms with Gasteiger partial charge in [-0.1, -0.05) is 17.7 Å². The van der Waals surface area contributed by atoms with Crippen LogP contribution in [0.1, 0.15) is 12.5 Å². The van der Waals surface area contributed by atoms with Crippen molar-refractivity contribution in [3.05, 3.63) is 48.0 Å². The summed E-state index contributed by atoms with van der Waals surface area (Å²) in [7, 11) is -3.71. The molecule has 0 heterocycles. The first-order chi connectivity index (χ1) is 10.3. The molecule has 2 aromatic rings. The minimum atomic E-state index is -3.71. The molecular formula is C15H16N2O3S2. The maximum atomic E-state index is 12.3. The number of hydrogen-bond donors (Lipinski definition) is 3. The molecule has 0 saturated heterocycles. The van der Waals surface area contributed by atoms with Crippen LogP contribution < -0.4 is 10.0 Å². The van der Waals surface area contributed by atoms with Crippen molar-refractivity contribution in [3.63, 3.8) is 0 Å². The Morgan fingerprint density at radius 2 is 1.73 bits per heavy atom. The van der Waals surface area contributed by atoms with Crippen LogP contribution in [0.2, 0.25) is 0 Å². The molecule has 2 aromatic carbocycles. The minimum absolute atomic E-state index is 0.0761. The van der Waals surface area contributed by atoms with Crippen molar-refractivity contribution in [2.75, 3.05) is 10.0 Å². The van der Waals surface area contributed by atoms with Gasteiger partial charge in [0, 0.05) is 17.5 Å². The van der Waals surface area contributed by atoms with Gasteiger partial charge in [-0.2, -0.15) is 0 Å². The predicted octanol–water partition coefficient (Wildman–Crippen LogP) is 3.04. The lowest BCUT2D eigenvalue weighted by atomic mass is 10.2. The summed E-state index contributed by atoms with van der Waals surface area (Å²) in [5.41, 5.74) is 1.99. The first kappa shape index (κ1) is 16.4. The van der Waals surface area contributed by atoms with E-state index in [1.54, 1.807) is 12.1 Å². The molecule has 2 rings (SSSR count). The third-order valence-electron chi connectivity index (χ3n) is 2.89. The number of benzene rings is 2. The number of sulfonamides is 1. The van der Waals surface area contributed by atoms with E-state index in [1.165, 1.54) is 25.1 Å². The lowest BCUT2D eigenvalue weighted by Gasteiger charge is -2.11. The minimum Gasteiger partial charge on any atom is -0.325 e. The lowest BCUT2D eigenvalue weighted by molar-refractivity contribution is -0.114. The normalized spacial score (nSPS) is 11.0. The summed E-state index contributed by atoms with van der Waals surface area (Å²) in [6.07, 6.45) is 0.